The molecule has 102 valence electrons. The van der Waals surface area contributed by atoms with E-state index in [4.69, 9.17) is 14.7 Å². The van der Waals surface area contributed by atoms with Crippen molar-refractivity contribution in [2.24, 2.45) is 0 Å². The van der Waals surface area contributed by atoms with E-state index in [1.807, 2.05) is 13.8 Å². The highest BCUT2D eigenvalue weighted by molar-refractivity contribution is 4.91. The Bertz CT molecular complexity index is 237. The van der Waals surface area contributed by atoms with Gasteiger partial charge in [-0.05, 0) is 13.8 Å². The quantitative estimate of drug-likeness (QED) is 0.431. The van der Waals surface area contributed by atoms with Crippen LogP contribution in [-0.4, -0.2) is 75.9 Å². The summed E-state index contributed by atoms with van der Waals surface area (Å²) in [4.78, 5) is 5.07. The van der Waals surface area contributed by atoms with Gasteiger partial charge < -0.3 is 25.2 Å². The van der Waals surface area contributed by atoms with Crippen LogP contribution in [0.25, 0.3) is 0 Å². The SMILES string of the molecule is CON(C(C)C)[C@H]1OC(CO)[C@H](O)C(O)[C@@H]1O. The number of aliphatic hydroxyl groups is 4. The molecule has 17 heavy (non-hydrogen) atoms. The van der Waals surface area contributed by atoms with Crippen molar-refractivity contribution in [3.05, 3.63) is 0 Å². The van der Waals surface area contributed by atoms with Gasteiger partial charge in [0.05, 0.1) is 13.7 Å². The van der Waals surface area contributed by atoms with Crippen molar-refractivity contribution < 1.29 is 30.0 Å². The Kier molecular flexibility index (Phi) is 5.26. The van der Waals surface area contributed by atoms with Gasteiger partial charge in [0, 0.05) is 6.04 Å². The number of rotatable bonds is 4. The van der Waals surface area contributed by atoms with Crippen molar-refractivity contribution >= 4 is 0 Å². The molecular weight excluding hydrogens is 230 g/mol. The minimum Gasteiger partial charge on any atom is -0.394 e. The monoisotopic (exact) mass is 251 g/mol. The summed E-state index contributed by atoms with van der Waals surface area (Å²) in [5, 5.41) is 39.5. The standard InChI is InChI=1S/C10H21NO6/c1-5(2)11(16-3)10-9(15)8(14)7(13)6(4-12)17-10/h5-10,12-15H,4H2,1-3H3/t6?,7-,8?,9-,10-/m0/s1. The second-order valence-electron chi connectivity index (χ2n) is 4.36. The van der Waals surface area contributed by atoms with Crippen LogP contribution in [0.3, 0.4) is 0 Å². The van der Waals surface area contributed by atoms with Gasteiger partial charge in [0.1, 0.15) is 24.4 Å². The maximum atomic E-state index is 9.83. The fourth-order valence-electron chi connectivity index (χ4n) is 1.90. The number of hydroxylamine groups is 2. The molecule has 7 heteroatoms. The summed E-state index contributed by atoms with van der Waals surface area (Å²) < 4.78 is 5.34. The summed E-state index contributed by atoms with van der Waals surface area (Å²) in [6.45, 7) is 3.20. The van der Waals surface area contributed by atoms with Crippen LogP contribution in [0.1, 0.15) is 13.8 Å². The average Bonchev–Trinajstić information content (AvgIpc) is 2.29. The van der Waals surface area contributed by atoms with Crippen molar-refractivity contribution in [1.82, 2.24) is 5.06 Å². The molecule has 0 aromatic rings. The maximum absolute atomic E-state index is 9.83. The summed E-state index contributed by atoms with van der Waals surface area (Å²) in [6.07, 6.45) is -5.90. The smallest absolute Gasteiger partial charge is 0.162 e. The third kappa shape index (κ3) is 2.94. The molecule has 0 spiro atoms. The Hall–Kier alpha value is -0.280. The number of hydrogen-bond donors (Lipinski definition) is 4. The van der Waals surface area contributed by atoms with E-state index in [9.17, 15) is 15.3 Å². The normalized spacial score (nSPS) is 39.0. The van der Waals surface area contributed by atoms with Crippen molar-refractivity contribution in [3.63, 3.8) is 0 Å². The molecule has 1 aliphatic heterocycles. The van der Waals surface area contributed by atoms with Gasteiger partial charge in [0.25, 0.3) is 0 Å². The second kappa shape index (κ2) is 6.05. The van der Waals surface area contributed by atoms with E-state index < -0.39 is 37.3 Å². The van der Waals surface area contributed by atoms with Crippen LogP contribution in [0, 0.1) is 0 Å². The molecule has 0 radical (unpaired) electrons. The molecule has 0 aromatic carbocycles. The molecule has 2 unspecified atom stereocenters. The molecule has 1 saturated heterocycles. The number of hydrogen-bond acceptors (Lipinski definition) is 7. The van der Waals surface area contributed by atoms with Gasteiger partial charge in [0.15, 0.2) is 6.23 Å². The largest absolute Gasteiger partial charge is 0.394 e. The highest BCUT2D eigenvalue weighted by Crippen LogP contribution is 2.24. The molecule has 5 atom stereocenters. The van der Waals surface area contributed by atoms with Crippen LogP contribution in [0.15, 0.2) is 0 Å². The summed E-state index contributed by atoms with van der Waals surface area (Å²) in [5.41, 5.74) is 0. The second-order valence-corrected chi connectivity index (χ2v) is 4.36. The molecule has 4 N–H and O–H groups in total. The highest BCUT2D eigenvalue weighted by Gasteiger charge is 2.46. The third-order valence-electron chi connectivity index (χ3n) is 2.84. The minimum absolute atomic E-state index is 0.0959. The first kappa shape index (κ1) is 14.8. The Morgan fingerprint density at radius 3 is 2.18 bits per heavy atom. The van der Waals surface area contributed by atoms with Crippen LogP contribution in [0.4, 0.5) is 0 Å². The minimum atomic E-state index is -1.39. The predicted octanol–water partition coefficient (Wildman–Crippen LogP) is -1.94. The first-order valence-corrected chi connectivity index (χ1v) is 5.57. The van der Waals surface area contributed by atoms with Gasteiger partial charge in [-0.3, -0.25) is 4.84 Å². The lowest BCUT2D eigenvalue weighted by molar-refractivity contribution is -0.336. The molecule has 1 heterocycles. The van der Waals surface area contributed by atoms with Crippen LogP contribution in [0.2, 0.25) is 0 Å². The maximum Gasteiger partial charge on any atom is 0.162 e. The fraction of sp³-hybridized carbons (Fsp3) is 1.00. The Balaban J connectivity index is 2.84. The summed E-state index contributed by atoms with van der Waals surface area (Å²) in [5.74, 6) is 0. The fourth-order valence-corrected chi connectivity index (χ4v) is 1.90. The Morgan fingerprint density at radius 2 is 1.76 bits per heavy atom. The van der Waals surface area contributed by atoms with E-state index in [1.165, 1.54) is 12.2 Å². The zero-order chi connectivity index (χ0) is 13.2. The number of nitrogens with zero attached hydrogens (tertiary/aromatic N) is 1. The van der Waals surface area contributed by atoms with Crippen LogP contribution in [0.5, 0.6) is 0 Å². The topological polar surface area (TPSA) is 103 Å². The van der Waals surface area contributed by atoms with Gasteiger partial charge in [-0.25, -0.2) is 0 Å². The summed E-state index contributed by atoms with van der Waals surface area (Å²) >= 11 is 0. The van der Waals surface area contributed by atoms with Crippen molar-refractivity contribution in [1.29, 1.82) is 0 Å². The van der Waals surface area contributed by atoms with Gasteiger partial charge in [-0.15, -0.1) is 0 Å². The van der Waals surface area contributed by atoms with Crippen molar-refractivity contribution in [2.45, 2.75) is 50.5 Å². The van der Waals surface area contributed by atoms with E-state index in [0.717, 1.165) is 0 Å². The lowest BCUT2D eigenvalue weighted by atomic mass is 9.98. The Morgan fingerprint density at radius 1 is 1.18 bits per heavy atom. The van der Waals surface area contributed by atoms with Gasteiger partial charge in [0.2, 0.25) is 0 Å². The van der Waals surface area contributed by atoms with Crippen LogP contribution < -0.4 is 0 Å². The zero-order valence-corrected chi connectivity index (χ0v) is 10.2. The van der Waals surface area contributed by atoms with Crippen molar-refractivity contribution in [2.75, 3.05) is 13.7 Å². The average molecular weight is 251 g/mol. The molecule has 7 nitrogen and oxygen atoms in total. The predicted molar refractivity (Wildman–Crippen MR) is 57.8 cm³/mol. The molecule has 1 fully saturated rings. The van der Waals surface area contributed by atoms with Gasteiger partial charge in [-0.1, -0.05) is 0 Å². The molecule has 0 bridgehead atoms. The molecule has 1 aliphatic rings. The lowest BCUT2D eigenvalue weighted by Crippen LogP contribution is -2.63. The van der Waals surface area contributed by atoms with Crippen LogP contribution >= 0.6 is 0 Å². The third-order valence-corrected chi connectivity index (χ3v) is 2.84. The van der Waals surface area contributed by atoms with E-state index in [1.54, 1.807) is 0 Å². The zero-order valence-electron chi connectivity index (χ0n) is 10.2. The van der Waals surface area contributed by atoms with Crippen LogP contribution in [-0.2, 0) is 9.57 Å². The Labute approximate surface area is 100 Å². The van der Waals surface area contributed by atoms with Gasteiger partial charge in [-0.2, -0.15) is 5.06 Å². The molecule has 0 aliphatic carbocycles. The molecule has 0 amide bonds. The highest BCUT2D eigenvalue weighted by atomic mass is 16.7. The van der Waals surface area contributed by atoms with Gasteiger partial charge >= 0.3 is 0 Å². The number of aliphatic hydroxyl groups excluding tert-OH is 4. The molecule has 0 saturated carbocycles. The van der Waals surface area contributed by atoms with Crippen molar-refractivity contribution in [3.8, 4) is 0 Å². The first-order valence-electron chi connectivity index (χ1n) is 5.57. The van der Waals surface area contributed by atoms with E-state index >= 15 is 0 Å². The molecular formula is C10H21NO6. The summed E-state index contributed by atoms with van der Waals surface area (Å²) in [6, 6.07) is -0.0959. The van der Waals surface area contributed by atoms with E-state index in [-0.39, 0.29) is 6.04 Å². The summed E-state index contributed by atoms with van der Waals surface area (Å²) in [7, 11) is 1.42. The molecule has 0 aromatic heterocycles. The number of ether oxygens (including phenoxy) is 1. The van der Waals surface area contributed by atoms with E-state index in [0.29, 0.717) is 0 Å². The lowest BCUT2D eigenvalue weighted by Gasteiger charge is -2.44. The first-order chi connectivity index (χ1) is 7.93. The molecule has 1 rings (SSSR count). The van der Waals surface area contributed by atoms with E-state index in [2.05, 4.69) is 0 Å².